The van der Waals surface area contributed by atoms with Crippen LogP contribution in [0.4, 0.5) is 0 Å². The quantitative estimate of drug-likeness (QED) is 0.539. The van der Waals surface area contributed by atoms with Gasteiger partial charge in [-0.05, 0) is 6.42 Å². The summed E-state index contributed by atoms with van der Waals surface area (Å²) in [6, 6.07) is 0. The lowest BCUT2D eigenvalue weighted by Crippen LogP contribution is -2.29. The van der Waals surface area contributed by atoms with Gasteiger partial charge in [0.1, 0.15) is 0 Å². The maximum absolute atomic E-state index is 11.1. The Morgan fingerprint density at radius 3 is 2.64 bits per heavy atom. The van der Waals surface area contributed by atoms with E-state index in [2.05, 4.69) is 4.72 Å². The van der Waals surface area contributed by atoms with Gasteiger partial charge in [-0.3, -0.25) is 4.79 Å². The van der Waals surface area contributed by atoms with E-state index in [0.717, 1.165) is 0 Å². The maximum atomic E-state index is 11.1. The Labute approximate surface area is 83.3 Å². The van der Waals surface area contributed by atoms with Crippen molar-refractivity contribution in [2.24, 2.45) is 0 Å². The molecule has 0 aliphatic rings. The first-order valence-electron chi connectivity index (χ1n) is 4.16. The van der Waals surface area contributed by atoms with Crippen molar-refractivity contribution in [2.45, 2.75) is 12.8 Å². The highest BCUT2D eigenvalue weighted by atomic mass is 32.2. The van der Waals surface area contributed by atoms with E-state index >= 15 is 0 Å². The Morgan fingerprint density at radius 2 is 2.14 bits per heavy atom. The van der Waals surface area contributed by atoms with Gasteiger partial charge in [-0.15, -0.1) is 0 Å². The van der Waals surface area contributed by atoms with Gasteiger partial charge in [0, 0.05) is 20.3 Å². The van der Waals surface area contributed by atoms with Gasteiger partial charge in [0.15, 0.2) is 0 Å². The van der Waals surface area contributed by atoms with Crippen molar-refractivity contribution >= 4 is 16.0 Å². The number of carboxylic acid groups (broad SMARTS) is 1. The van der Waals surface area contributed by atoms with Gasteiger partial charge in [-0.2, -0.15) is 0 Å². The van der Waals surface area contributed by atoms with Crippen LogP contribution in [0, 0.1) is 0 Å². The standard InChI is InChI=1S/C7H15NO5S/c1-13-5-2-6-14(11,12)8-4-3-7(9)10/h8H,2-6H2,1H3,(H,9,10). The summed E-state index contributed by atoms with van der Waals surface area (Å²) in [5.74, 6) is -1.06. The lowest BCUT2D eigenvalue weighted by molar-refractivity contribution is -0.136. The number of aliphatic carboxylic acids is 1. The van der Waals surface area contributed by atoms with E-state index in [1.807, 2.05) is 0 Å². The predicted octanol–water partition coefficient (Wildman–Crippen LogP) is -0.583. The molecule has 0 heterocycles. The number of ether oxygens (including phenoxy) is 1. The van der Waals surface area contributed by atoms with E-state index in [0.29, 0.717) is 13.0 Å². The van der Waals surface area contributed by atoms with Crippen LogP contribution in [0.2, 0.25) is 0 Å². The molecule has 0 amide bonds. The first-order chi connectivity index (χ1) is 6.48. The summed E-state index contributed by atoms with van der Waals surface area (Å²) < 4.78 is 29.1. The highest BCUT2D eigenvalue weighted by Crippen LogP contribution is 1.90. The fourth-order valence-corrected chi connectivity index (χ4v) is 1.83. The van der Waals surface area contributed by atoms with Crippen LogP contribution in [0.3, 0.4) is 0 Å². The average Bonchev–Trinajstić information content (AvgIpc) is 2.03. The number of rotatable bonds is 8. The van der Waals surface area contributed by atoms with Crippen molar-refractivity contribution in [3.8, 4) is 0 Å². The molecular weight excluding hydrogens is 210 g/mol. The molecule has 0 aromatic heterocycles. The molecule has 0 rings (SSSR count). The van der Waals surface area contributed by atoms with Crippen molar-refractivity contribution in [3.05, 3.63) is 0 Å². The molecule has 0 unspecified atom stereocenters. The van der Waals surface area contributed by atoms with Crippen molar-refractivity contribution in [2.75, 3.05) is 26.0 Å². The number of methoxy groups -OCH3 is 1. The van der Waals surface area contributed by atoms with E-state index in [1.165, 1.54) is 7.11 Å². The van der Waals surface area contributed by atoms with Gasteiger partial charge in [0.25, 0.3) is 0 Å². The largest absolute Gasteiger partial charge is 0.481 e. The Hall–Kier alpha value is -0.660. The Bertz CT molecular complexity index is 261. The highest BCUT2D eigenvalue weighted by molar-refractivity contribution is 7.89. The summed E-state index contributed by atoms with van der Waals surface area (Å²) >= 11 is 0. The van der Waals surface area contributed by atoms with Crippen LogP contribution < -0.4 is 4.72 Å². The predicted molar refractivity (Wildman–Crippen MR) is 50.5 cm³/mol. The van der Waals surface area contributed by atoms with Crippen molar-refractivity contribution in [3.63, 3.8) is 0 Å². The first-order valence-corrected chi connectivity index (χ1v) is 5.81. The third-order valence-electron chi connectivity index (χ3n) is 1.42. The topological polar surface area (TPSA) is 92.7 Å². The van der Waals surface area contributed by atoms with Gasteiger partial charge in [-0.25, -0.2) is 13.1 Å². The summed E-state index contributed by atoms with van der Waals surface area (Å²) in [7, 11) is -1.85. The minimum Gasteiger partial charge on any atom is -0.481 e. The molecule has 0 aromatic rings. The Morgan fingerprint density at radius 1 is 1.50 bits per heavy atom. The molecular formula is C7H15NO5S. The molecule has 0 saturated carbocycles. The first kappa shape index (κ1) is 13.3. The molecule has 14 heavy (non-hydrogen) atoms. The normalized spacial score (nSPS) is 11.5. The fourth-order valence-electron chi connectivity index (χ4n) is 0.779. The van der Waals surface area contributed by atoms with Crippen molar-refractivity contribution in [1.29, 1.82) is 0 Å². The van der Waals surface area contributed by atoms with Gasteiger partial charge >= 0.3 is 5.97 Å². The molecule has 0 saturated heterocycles. The molecule has 7 heteroatoms. The second-order valence-electron chi connectivity index (χ2n) is 2.70. The number of hydrogen-bond donors (Lipinski definition) is 2. The van der Waals surface area contributed by atoms with Gasteiger partial charge in [-0.1, -0.05) is 0 Å². The Balaban J connectivity index is 3.67. The summed E-state index contributed by atoms with van der Waals surface area (Å²) in [6.07, 6.45) is 0.197. The third kappa shape index (κ3) is 7.96. The van der Waals surface area contributed by atoms with Crippen LogP contribution in [-0.4, -0.2) is 45.5 Å². The lowest BCUT2D eigenvalue weighted by Gasteiger charge is -2.04. The van der Waals surface area contributed by atoms with Crippen LogP contribution in [0.15, 0.2) is 0 Å². The molecule has 0 atom stereocenters. The molecule has 0 aliphatic carbocycles. The van der Waals surface area contributed by atoms with E-state index in [1.54, 1.807) is 0 Å². The second-order valence-corrected chi connectivity index (χ2v) is 4.63. The monoisotopic (exact) mass is 225 g/mol. The summed E-state index contributed by atoms with van der Waals surface area (Å²) in [6.45, 7) is 0.310. The van der Waals surface area contributed by atoms with Crippen molar-refractivity contribution < 1.29 is 23.1 Å². The van der Waals surface area contributed by atoms with E-state index in [-0.39, 0.29) is 18.7 Å². The lowest BCUT2D eigenvalue weighted by atomic mass is 10.5. The van der Waals surface area contributed by atoms with Gasteiger partial charge < -0.3 is 9.84 Å². The molecule has 0 fully saturated rings. The molecule has 6 nitrogen and oxygen atoms in total. The van der Waals surface area contributed by atoms with E-state index in [9.17, 15) is 13.2 Å². The zero-order valence-electron chi connectivity index (χ0n) is 8.02. The van der Waals surface area contributed by atoms with Crippen LogP contribution in [-0.2, 0) is 19.6 Å². The number of hydrogen-bond acceptors (Lipinski definition) is 4. The number of nitrogens with one attached hydrogen (secondary N) is 1. The van der Waals surface area contributed by atoms with Crippen LogP contribution in [0.5, 0.6) is 0 Å². The number of sulfonamides is 1. The molecule has 0 aromatic carbocycles. The van der Waals surface area contributed by atoms with Crippen molar-refractivity contribution in [1.82, 2.24) is 4.72 Å². The van der Waals surface area contributed by atoms with Crippen LogP contribution in [0.25, 0.3) is 0 Å². The molecule has 2 N–H and O–H groups in total. The SMILES string of the molecule is COCCCS(=O)(=O)NCCC(=O)O. The molecule has 0 spiro atoms. The van der Waals surface area contributed by atoms with Crippen LogP contribution >= 0.6 is 0 Å². The summed E-state index contributed by atoms with van der Waals surface area (Å²) in [5.41, 5.74) is 0. The number of carbonyl (C=O) groups is 1. The van der Waals surface area contributed by atoms with Gasteiger partial charge in [0.2, 0.25) is 10.0 Å². The van der Waals surface area contributed by atoms with E-state index < -0.39 is 16.0 Å². The minimum atomic E-state index is -3.34. The number of carboxylic acids is 1. The maximum Gasteiger partial charge on any atom is 0.304 e. The smallest absolute Gasteiger partial charge is 0.304 e. The van der Waals surface area contributed by atoms with Gasteiger partial charge in [0.05, 0.1) is 12.2 Å². The summed E-state index contributed by atoms with van der Waals surface area (Å²) in [4.78, 5) is 10.1. The molecule has 0 aliphatic heterocycles. The molecule has 0 bridgehead atoms. The zero-order chi connectivity index (χ0) is 11.0. The average molecular weight is 225 g/mol. The third-order valence-corrected chi connectivity index (χ3v) is 2.89. The second kappa shape index (κ2) is 6.74. The molecule has 0 radical (unpaired) electrons. The van der Waals surface area contributed by atoms with Crippen LogP contribution in [0.1, 0.15) is 12.8 Å². The Kier molecular flexibility index (Phi) is 6.43. The zero-order valence-corrected chi connectivity index (χ0v) is 8.84. The highest BCUT2D eigenvalue weighted by Gasteiger charge is 2.09. The van der Waals surface area contributed by atoms with E-state index in [4.69, 9.17) is 9.84 Å². The fraction of sp³-hybridized carbons (Fsp3) is 0.857. The summed E-state index contributed by atoms with van der Waals surface area (Å²) in [5, 5.41) is 8.27. The molecule has 84 valence electrons. The minimum absolute atomic E-state index is 0.0412.